The maximum atomic E-state index is 10.8. The molecule has 0 heterocycles. The van der Waals surface area contributed by atoms with Crippen LogP contribution in [0.15, 0.2) is 24.3 Å². The Kier molecular flexibility index (Phi) is 4.66. The van der Waals surface area contributed by atoms with Gasteiger partial charge in [0.15, 0.2) is 0 Å². The van der Waals surface area contributed by atoms with Crippen LogP contribution in [-0.2, 0) is 0 Å². The van der Waals surface area contributed by atoms with E-state index in [-0.39, 0.29) is 0 Å². The van der Waals surface area contributed by atoms with Crippen LogP contribution in [0.3, 0.4) is 0 Å². The lowest BCUT2D eigenvalue weighted by Crippen LogP contribution is -2.42. The van der Waals surface area contributed by atoms with Crippen molar-refractivity contribution in [3.05, 3.63) is 35.4 Å². The van der Waals surface area contributed by atoms with E-state index in [1.54, 1.807) is 0 Å². The normalized spacial score (nSPS) is 23.5. The molecule has 2 heteroatoms. The Hall–Kier alpha value is -0.860. The zero-order valence-corrected chi connectivity index (χ0v) is 13.3. The van der Waals surface area contributed by atoms with Gasteiger partial charge in [-0.1, -0.05) is 55.5 Å². The Bertz CT molecular complexity index is 441. The summed E-state index contributed by atoms with van der Waals surface area (Å²) in [5, 5.41) is 14.5. The number of rotatable bonds is 5. The molecule has 21 heavy (non-hydrogen) atoms. The quantitative estimate of drug-likeness (QED) is 0.798. The van der Waals surface area contributed by atoms with Gasteiger partial charge in [0.25, 0.3) is 0 Å². The van der Waals surface area contributed by atoms with Crippen molar-refractivity contribution in [3.8, 4) is 0 Å². The van der Waals surface area contributed by atoms with Gasteiger partial charge in [0.1, 0.15) is 0 Å². The fraction of sp³-hybridized carbons (Fsp3) is 0.684. The SMILES string of the molecule is Cc1ccc(C(NCC2(O)CCCCCC2)C2CC2)cc1. The van der Waals surface area contributed by atoms with Gasteiger partial charge < -0.3 is 10.4 Å². The molecule has 1 aromatic rings. The molecule has 2 aliphatic rings. The maximum absolute atomic E-state index is 10.8. The summed E-state index contributed by atoms with van der Waals surface area (Å²) in [6.45, 7) is 2.89. The van der Waals surface area contributed by atoms with Crippen LogP contribution in [-0.4, -0.2) is 17.3 Å². The second kappa shape index (κ2) is 6.50. The second-order valence-corrected chi connectivity index (χ2v) is 7.25. The number of hydrogen-bond donors (Lipinski definition) is 2. The molecule has 0 amide bonds. The van der Waals surface area contributed by atoms with Crippen molar-refractivity contribution in [1.29, 1.82) is 0 Å². The van der Waals surface area contributed by atoms with E-state index >= 15 is 0 Å². The Balaban J connectivity index is 1.64. The summed E-state index contributed by atoms with van der Waals surface area (Å²) >= 11 is 0. The molecule has 0 bridgehead atoms. The van der Waals surface area contributed by atoms with Crippen LogP contribution < -0.4 is 5.32 Å². The third kappa shape index (κ3) is 4.08. The topological polar surface area (TPSA) is 32.3 Å². The fourth-order valence-corrected chi connectivity index (χ4v) is 3.62. The Morgan fingerprint density at radius 3 is 2.29 bits per heavy atom. The Labute approximate surface area is 129 Å². The van der Waals surface area contributed by atoms with Crippen LogP contribution in [0.1, 0.15) is 68.5 Å². The monoisotopic (exact) mass is 287 g/mol. The minimum Gasteiger partial charge on any atom is -0.389 e. The van der Waals surface area contributed by atoms with Gasteiger partial charge in [-0.05, 0) is 44.1 Å². The first-order valence-electron chi connectivity index (χ1n) is 8.69. The van der Waals surface area contributed by atoms with Crippen molar-refractivity contribution in [2.45, 2.75) is 69.9 Å². The number of aliphatic hydroxyl groups is 1. The van der Waals surface area contributed by atoms with Crippen LogP contribution in [0.25, 0.3) is 0 Å². The highest BCUT2D eigenvalue weighted by Gasteiger charge is 2.35. The zero-order chi connectivity index (χ0) is 14.7. The van der Waals surface area contributed by atoms with Crippen molar-refractivity contribution in [2.75, 3.05) is 6.54 Å². The molecule has 1 aromatic carbocycles. The average molecular weight is 287 g/mol. The maximum Gasteiger partial charge on any atom is 0.0771 e. The highest BCUT2D eigenvalue weighted by atomic mass is 16.3. The van der Waals surface area contributed by atoms with Gasteiger partial charge >= 0.3 is 0 Å². The molecule has 0 spiro atoms. The third-order valence-corrected chi connectivity index (χ3v) is 5.22. The Morgan fingerprint density at radius 2 is 1.71 bits per heavy atom. The molecule has 3 rings (SSSR count). The largest absolute Gasteiger partial charge is 0.389 e. The molecule has 0 aliphatic heterocycles. The standard InChI is InChI=1S/C19H29NO/c1-15-6-8-16(9-7-15)18(17-10-11-17)20-14-19(21)12-4-2-3-5-13-19/h6-9,17-18,20-21H,2-5,10-14H2,1H3. The van der Waals surface area contributed by atoms with Gasteiger partial charge in [-0.2, -0.15) is 0 Å². The number of benzene rings is 1. The molecule has 2 N–H and O–H groups in total. The van der Waals surface area contributed by atoms with Crippen LogP contribution in [0.4, 0.5) is 0 Å². The fourth-order valence-electron chi connectivity index (χ4n) is 3.62. The summed E-state index contributed by atoms with van der Waals surface area (Å²) in [4.78, 5) is 0. The van der Waals surface area contributed by atoms with Crippen molar-refractivity contribution >= 4 is 0 Å². The summed E-state index contributed by atoms with van der Waals surface area (Å²) in [5.74, 6) is 0.766. The molecular formula is C19H29NO. The molecule has 2 saturated carbocycles. The van der Waals surface area contributed by atoms with Gasteiger partial charge in [-0.15, -0.1) is 0 Å². The molecule has 1 atom stereocenters. The lowest BCUT2D eigenvalue weighted by Gasteiger charge is -2.30. The van der Waals surface area contributed by atoms with E-state index in [4.69, 9.17) is 0 Å². The summed E-state index contributed by atoms with van der Waals surface area (Å²) in [5.41, 5.74) is 2.23. The van der Waals surface area contributed by atoms with Crippen LogP contribution in [0, 0.1) is 12.8 Å². The molecule has 2 aliphatic carbocycles. The molecule has 1 unspecified atom stereocenters. The number of hydrogen-bond acceptors (Lipinski definition) is 2. The highest BCUT2D eigenvalue weighted by molar-refractivity contribution is 5.25. The molecule has 2 fully saturated rings. The van der Waals surface area contributed by atoms with Gasteiger partial charge in [0.2, 0.25) is 0 Å². The van der Waals surface area contributed by atoms with Crippen molar-refractivity contribution in [1.82, 2.24) is 5.32 Å². The predicted octanol–water partition coefficient (Wildman–Crippen LogP) is 4.12. The third-order valence-electron chi connectivity index (χ3n) is 5.22. The van der Waals surface area contributed by atoms with Crippen LogP contribution >= 0.6 is 0 Å². The molecule has 0 aromatic heterocycles. The number of aryl methyl sites for hydroxylation is 1. The molecule has 0 radical (unpaired) electrons. The zero-order valence-electron chi connectivity index (χ0n) is 13.3. The molecule has 116 valence electrons. The summed E-state index contributed by atoms with van der Waals surface area (Å²) in [6.07, 6.45) is 9.50. The van der Waals surface area contributed by atoms with Crippen LogP contribution in [0.5, 0.6) is 0 Å². The van der Waals surface area contributed by atoms with Crippen molar-refractivity contribution in [3.63, 3.8) is 0 Å². The van der Waals surface area contributed by atoms with Crippen molar-refractivity contribution < 1.29 is 5.11 Å². The summed E-state index contributed by atoms with van der Waals surface area (Å²) in [7, 11) is 0. The summed E-state index contributed by atoms with van der Waals surface area (Å²) < 4.78 is 0. The molecular weight excluding hydrogens is 258 g/mol. The molecule has 2 nitrogen and oxygen atoms in total. The van der Waals surface area contributed by atoms with E-state index in [0.29, 0.717) is 6.04 Å². The van der Waals surface area contributed by atoms with E-state index in [1.165, 1.54) is 49.7 Å². The Morgan fingerprint density at radius 1 is 1.10 bits per heavy atom. The van der Waals surface area contributed by atoms with E-state index < -0.39 is 5.60 Å². The van der Waals surface area contributed by atoms with Crippen molar-refractivity contribution in [2.24, 2.45) is 5.92 Å². The molecule has 0 saturated heterocycles. The smallest absolute Gasteiger partial charge is 0.0771 e. The van der Waals surface area contributed by atoms with Gasteiger partial charge in [0.05, 0.1) is 5.60 Å². The van der Waals surface area contributed by atoms with Crippen LogP contribution in [0.2, 0.25) is 0 Å². The van der Waals surface area contributed by atoms with Gasteiger partial charge in [-0.3, -0.25) is 0 Å². The lowest BCUT2D eigenvalue weighted by atomic mass is 9.93. The highest BCUT2D eigenvalue weighted by Crippen LogP contribution is 2.41. The van der Waals surface area contributed by atoms with E-state index in [9.17, 15) is 5.11 Å². The van der Waals surface area contributed by atoms with E-state index in [0.717, 1.165) is 25.3 Å². The van der Waals surface area contributed by atoms with Gasteiger partial charge in [-0.25, -0.2) is 0 Å². The first-order valence-corrected chi connectivity index (χ1v) is 8.69. The lowest BCUT2D eigenvalue weighted by molar-refractivity contribution is 0.0220. The van der Waals surface area contributed by atoms with E-state index in [2.05, 4.69) is 36.5 Å². The van der Waals surface area contributed by atoms with E-state index in [1.807, 2.05) is 0 Å². The summed E-state index contributed by atoms with van der Waals surface area (Å²) in [6, 6.07) is 9.34. The minimum atomic E-state index is -0.478. The first kappa shape index (κ1) is 15.1. The second-order valence-electron chi connectivity index (χ2n) is 7.25. The van der Waals surface area contributed by atoms with Gasteiger partial charge in [0, 0.05) is 12.6 Å². The average Bonchev–Trinajstić information content (AvgIpc) is 3.30. The number of nitrogens with one attached hydrogen (secondary N) is 1. The minimum absolute atomic E-state index is 0.429. The first-order chi connectivity index (χ1) is 10.2. The predicted molar refractivity (Wildman–Crippen MR) is 87.3 cm³/mol.